The average Bonchev–Trinajstić information content (AvgIpc) is 2.87. The van der Waals surface area contributed by atoms with Gasteiger partial charge in [0, 0.05) is 25.0 Å². The quantitative estimate of drug-likeness (QED) is 0.418. The monoisotopic (exact) mass is 545 g/mol. The molecule has 0 bridgehead atoms. The van der Waals surface area contributed by atoms with Crippen LogP contribution in [0.5, 0.6) is 0 Å². The van der Waals surface area contributed by atoms with Gasteiger partial charge in [0.25, 0.3) is 0 Å². The standard InChI is InChI=1S/C27H29ClFN3O4S/c1-19-9-14-23(16-24(19)28)32(37(3,35)36)18-26(33)31(17-21-10-12-22(29)13-11-21)25(27(34)30-2)15-20-7-5-4-6-8-20/h4-14,16,25H,15,17-18H2,1-3H3,(H,30,34)/t25-/m1/s1. The number of carbonyl (C=O) groups excluding carboxylic acids is 2. The number of sulfonamides is 1. The average molecular weight is 546 g/mol. The van der Waals surface area contributed by atoms with Gasteiger partial charge in [0.2, 0.25) is 21.8 Å². The maximum atomic E-state index is 13.8. The fourth-order valence-corrected chi connectivity index (χ4v) is 4.87. The summed E-state index contributed by atoms with van der Waals surface area (Å²) in [4.78, 5) is 28.1. The Morgan fingerprint density at radius 1 is 1.00 bits per heavy atom. The van der Waals surface area contributed by atoms with Gasteiger partial charge in [-0.1, -0.05) is 60.1 Å². The van der Waals surface area contributed by atoms with E-state index in [0.717, 1.165) is 21.7 Å². The molecule has 0 aliphatic rings. The summed E-state index contributed by atoms with van der Waals surface area (Å²) in [6.07, 6.45) is 1.20. The molecule has 0 saturated carbocycles. The van der Waals surface area contributed by atoms with Gasteiger partial charge < -0.3 is 10.2 Å². The Balaban J connectivity index is 2.03. The molecular weight excluding hydrogens is 517 g/mol. The molecule has 196 valence electrons. The van der Waals surface area contributed by atoms with E-state index in [1.54, 1.807) is 19.1 Å². The Hall–Kier alpha value is -3.43. The Morgan fingerprint density at radius 3 is 2.22 bits per heavy atom. The summed E-state index contributed by atoms with van der Waals surface area (Å²) < 4.78 is 39.9. The van der Waals surface area contributed by atoms with Gasteiger partial charge in [-0.3, -0.25) is 13.9 Å². The molecule has 1 atom stereocenters. The van der Waals surface area contributed by atoms with Gasteiger partial charge in [-0.05, 0) is 47.9 Å². The van der Waals surface area contributed by atoms with Crippen LogP contribution in [0.15, 0.2) is 72.8 Å². The molecule has 37 heavy (non-hydrogen) atoms. The molecule has 0 radical (unpaired) electrons. The van der Waals surface area contributed by atoms with E-state index in [2.05, 4.69) is 5.32 Å². The molecule has 0 aromatic heterocycles. The number of aryl methyl sites for hydroxylation is 1. The lowest BCUT2D eigenvalue weighted by Gasteiger charge is -2.33. The van der Waals surface area contributed by atoms with Gasteiger partial charge in [-0.2, -0.15) is 0 Å². The van der Waals surface area contributed by atoms with Crippen molar-refractivity contribution in [1.82, 2.24) is 10.2 Å². The Kier molecular flexibility index (Phi) is 9.29. The third-order valence-electron chi connectivity index (χ3n) is 5.91. The molecule has 3 rings (SSSR count). The Labute approximate surface area is 221 Å². The van der Waals surface area contributed by atoms with Crippen molar-refractivity contribution in [1.29, 1.82) is 0 Å². The Bertz CT molecular complexity index is 1350. The number of carbonyl (C=O) groups is 2. The van der Waals surface area contributed by atoms with Gasteiger partial charge >= 0.3 is 0 Å². The van der Waals surface area contributed by atoms with Crippen LogP contribution < -0.4 is 9.62 Å². The van der Waals surface area contributed by atoms with E-state index >= 15 is 0 Å². The van der Waals surface area contributed by atoms with E-state index in [1.807, 2.05) is 30.3 Å². The van der Waals surface area contributed by atoms with Crippen LogP contribution in [0.1, 0.15) is 16.7 Å². The molecule has 0 aliphatic carbocycles. The van der Waals surface area contributed by atoms with Crippen molar-refractivity contribution in [3.63, 3.8) is 0 Å². The van der Waals surface area contributed by atoms with Crippen LogP contribution in [0.4, 0.5) is 10.1 Å². The van der Waals surface area contributed by atoms with Gasteiger partial charge in [-0.25, -0.2) is 12.8 Å². The van der Waals surface area contributed by atoms with Gasteiger partial charge in [-0.15, -0.1) is 0 Å². The van der Waals surface area contributed by atoms with Crippen LogP contribution in [-0.4, -0.2) is 51.0 Å². The maximum Gasteiger partial charge on any atom is 0.244 e. The summed E-state index contributed by atoms with van der Waals surface area (Å²) in [6.45, 7) is 1.20. The van der Waals surface area contributed by atoms with Crippen molar-refractivity contribution in [2.45, 2.75) is 25.9 Å². The van der Waals surface area contributed by atoms with Crippen molar-refractivity contribution >= 4 is 39.1 Å². The normalized spacial score (nSPS) is 12.0. The van der Waals surface area contributed by atoms with Crippen molar-refractivity contribution in [2.24, 2.45) is 0 Å². The summed E-state index contributed by atoms with van der Waals surface area (Å²) in [5.41, 5.74) is 2.39. The van der Waals surface area contributed by atoms with Gasteiger partial charge in [0.1, 0.15) is 18.4 Å². The van der Waals surface area contributed by atoms with E-state index < -0.39 is 40.2 Å². The van der Waals surface area contributed by atoms with Gasteiger partial charge in [0.15, 0.2) is 0 Å². The highest BCUT2D eigenvalue weighted by Crippen LogP contribution is 2.25. The van der Waals surface area contributed by atoms with Crippen molar-refractivity contribution in [2.75, 3.05) is 24.2 Å². The molecule has 0 unspecified atom stereocenters. The van der Waals surface area contributed by atoms with Gasteiger partial charge in [0.05, 0.1) is 11.9 Å². The minimum absolute atomic E-state index is 0.0315. The lowest BCUT2D eigenvalue weighted by molar-refractivity contribution is -0.139. The number of rotatable bonds is 10. The van der Waals surface area contributed by atoms with Crippen LogP contribution in [0.3, 0.4) is 0 Å². The topological polar surface area (TPSA) is 86.8 Å². The van der Waals surface area contributed by atoms with E-state index in [9.17, 15) is 22.4 Å². The molecule has 3 aromatic carbocycles. The van der Waals surface area contributed by atoms with E-state index in [0.29, 0.717) is 10.6 Å². The van der Waals surface area contributed by atoms with Crippen molar-refractivity contribution < 1.29 is 22.4 Å². The number of hydrogen-bond acceptors (Lipinski definition) is 4. The zero-order valence-electron chi connectivity index (χ0n) is 20.8. The third-order valence-corrected chi connectivity index (χ3v) is 7.45. The SMILES string of the molecule is CNC(=O)[C@@H](Cc1ccccc1)N(Cc1ccc(F)cc1)C(=O)CN(c1ccc(C)c(Cl)c1)S(C)(=O)=O. The fourth-order valence-electron chi connectivity index (χ4n) is 3.86. The molecule has 0 fully saturated rings. The summed E-state index contributed by atoms with van der Waals surface area (Å²) in [5, 5.41) is 2.96. The lowest BCUT2D eigenvalue weighted by Crippen LogP contribution is -2.52. The third kappa shape index (κ3) is 7.53. The van der Waals surface area contributed by atoms with Crippen LogP contribution in [-0.2, 0) is 32.6 Å². The highest BCUT2D eigenvalue weighted by Gasteiger charge is 2.32. The molecule has 3 aromatic rings. The predicted octanol–water partition coefficient (Wildman–Crippen LogP) is 3.94. The number of hydrogen-bond donors (Lipinski definition) is 1. The second-order valence-corrected chi connectivity index (χ2v) is 11.0. The second kappa shape index (κ2) is 12.2. The molecule has 0 spiro atoms. The summed E-state index contributed by atoms with van der Waals surface area (Å²) in [6, 6.07) is 18.5. The summed E-state index contributed by atoms with van der Waals surface area (Å²) in [7, 11) is -2.42. The highest BCUT2D eigenvalue weighted by atomic mass is 35.5. The number of halogens is 2. The molecule has 0 saturated heterocycles. The predicted molar refractivity (Wildman–Crippen MR) is 143 cm³/mol. The maximum absolute atomic E-state index is 13.8. The van der Waals surface area contributed by atoms with E-state index in [4.69, 9.17) is 11.6 Å². The number of amides is 2. The first kappa shape index (κ1) is 28.1. The fraction of sp³-hybridized carbons (Fsp3) is 0.259. The van der Waals surface area contributed by atoms with Crippen molar-refractivity contribution in [3.8, 4) is 0 Å². The highest BCUT2D eigenvalue weighted by molar-refractivity contribution is 7.92. The number of benzene rings is 3. The zero-order valence-corrected chi connectivity index (χ0v) is 22.4. The smallest absolute Gasteiger partial charge is 0.244 e. The largest absolute Gasteiger partial charge is 0.357 e. The second-order valence-electron chi connectivity index (χ2n) is 8.67. The van der Waals surface area contributed by atoms with Crippen LogP contribution in [0.2, 0.25) is 5.02 Å². The lowest BCUT2D eigenvalue weighted by atomic mass is 10.0. The van der Waals surface area contributed by atoms with Crippen LogP contribution in [0, 0.1) is 12.7 Å². The molecular formula is C27H29ClFN3O4S. The van der Waals surface area contributed by atoms with E-state index in [-0.39, 0.29) is 18.7 Å². The first-order valence-electron chi connectivity index (χ1n) is 11.5. The molecule has 1 N–H and O–H groups in total. The minimum atomic E-state index is -3.89. The first-order chi connectivity index (χ1) is 17.5. The van der Waals surface area contributed by atoms with Crippen molar-refractivity contribution in [3.05, 3.63) is 100 Å². The molecule has 0 aliphatic heterocycles. The van der Waals surface area contributed by atoms with Crippen LogP contribution in [0.25, 0.3) is 0 Å². The Morgan fingerprint density at radius 2 is 1.65 bits per heavy atom. The number of anilines is 1. The molecule has 0 heterocycles. The van der Waals surface area contributed by atoms with Crippen LogP contribution >= 0.6 is 11.6 Å². The molecule has 7 nitrogen and oxygen atoms in total. The number of likely N-dealkylation sites (N-methyl/N-ethyl adjacent to an activating group) is 1. The number of nitrogens with zero attached hydrogens (tertiary/aromatic N) is 2. The summed E-state index contributed by atoms with van der Waals surface area (Å²) in [5.74, 6) is -1.45. The summed E-state index contributed by atoms with van der Waals surface area (Å²) >= 11 is 6.23. The minimum Gasteiger partial charge on any atom is -0.357 e. The van der Waals surface area contributed by atoms with E-state index in [1.165, 1.54) is 42.3 Å². The molecule has 10 heteroatoms. The zero-order chi connectivity index (χ0) is 27.2. The number of nitrogens with one attached hydrogen (secondary N) is 1. The molecule has 2 amide bonds. The first-order valence-corrected chi connectivity index (χ1v) is 13.8.